The molecule has 1 saturated carbocycles. The summed E-state index contributed by atoms with van der Waals surface area (Å²) in [6.07, 6.45) is 6.91. The zero-order valence-electron chi connectivity index (χ0n) is 15.9. The van der Waals surface area contributed by atoms with Gasteiger partial charge in [-0.15, -0.1) is 0 Å². The van der Waals surface area contributed by atoms with Gasteiger partial charge in [0.15, 0.2) is 0 Å². The highest BCUT2D eigenvalue weighted by Crippen LogP contribution is 2.31. The third kappa shape index (κ3) is 3.28. The summed E-state index contributed by atoms with van der Waals surface area (Å²) in [4.78, 5) is 35.0. The Morgan fingerprint density at radius 3 is 2.86 bits per heavy atom. The SMILES string of the molecule is O=C(Nc1ccc2nc(C3CCCO3)[nH]c2c1)C1CC(=O)N(C2CCCC2)C1. The Morgan fingerprint density at radius 2 is 2.07 bits per heavy atom. The number of aromatic amines is 1. The minimum atomic E-state index is -0.270. The van der Waals surface area contributed by atoms with Gasteiger partial charge in [-0.05, 0) is 43.9 Å². The molecule has 2 aromatic rings. The highest BCUT2D eigenvalue weighted by molar-refractivity contribution is 5.98. The van der Waals surface area contributed by atoms with Crippen LogP contribution in [-0.4, -0.2) is 45.9 Å². The van der Waals surface area contributed by atoms with Crippen LogP contribution in [0.25, 0.3) is 11.0 Å². The molecule has 3 fully saturated rings. The normalized spacial score (nSPS) is 25.9. The number of imidazole rings is 1. The lowest BCUT2D eigenvalue weighted by Gasteiger charge is -2.23. The van der Waals surface area contributed by atoms with Gasteiger partial charge in [0.2, 0.25) is 11.8 Å². The fraction of sp³-hybridized carbons (Fsp3) is 0.571. The predicted octanol–water partition coefficient (Wildman–Crippen LogP) is 3.14. The maximum absolute atomic E-state index is 12.7. The van der Waals surface area contributed by atoms with Crippen LogP contribution in [0.15, 0.2) is 18.2 Å². The monoisotopic (exact) mass is 382 g/mol. The van der Waals surface area contributed by atoms with E-state index in [-0.39, 0.29) is 23.8 Å². The summed E-state index contributed by atoms with van der Waals surface area (Å²) in [6, 6.07) is 6.02. The maximum atomic E-state index is 12.7. The second kappa shape index (κ2) is 7.20. The first kappa shape index (κ1) is 17.7. The zero-order chi connectivity index (χ0) is 19.1. The van der Waals surface area contributed by atoms with Crippen molar-refractivity contribution in [3.05, 3.63) is 24.0 Å². The molecular weight excluding hydrogens is 356 g/mol. The Labute approximate surface area is 163 Å². The van der Waals surface area contributed by atoms with E-state index in [2.05, 4.69) is 15.3 Å². The highest BCUT2D eigenvalue weighted by Gasteiger charge is 2.38. The van der Waals surface area contributed by atoms with Crippen LogP contribution in [0.4, 0.5) is 5.69 Å². The number of amides is 2. The number of aromatic nitrogens is 2. The van der Waals surface area contributed by atoms with Gasteiger partial charge in [0, 0.05) is 31.3 Å². The van der Waals surface area contributed by atoms with Crippen molar-refractivity contribution in [2.24, 2.45) is 5.92 Å². The van der Waals surface area contributed by atoms with Crippen molar-refractivity contribution in [2.75, 3.05) is 18.5 Å². The Hall–Kier alpha value is -2.41. The van der Waals surface area contributed by atoms with Crippen LogP contribution in [0, 0.1) is 5.92 Å². The molecule has 2 saturated heterocycles. The number of benzene rings is 1. The molecule has 5 rings (SSSR count). The molecule has 2 atom stereocenters. The minimum Gasteiger partial charge on any atom is -0.370 e. The zero-order valence-corrected chi connectivity index (χ0v) is 15.9. The molecule has 0 spiro atoms. The van der Waals surface area contributed by atoms with E-state index in [1.165, 1.54) is 12.8 Å². The van der Waals surface area contributed by atoms with Gasteiger partial charge in [0.1, 0.15) is 11.9 Å². The lowest BCUT2D eigenvalue weighted by Crippen LogP contribution is -2.35. The molecule has 1 aliphatic carbocycles. The van der Waals surface area contributed by atoms with E-state index in [0.29, 0.717) is 19.0 Å². The molecule has 2 unspecified atom stereocenters. The number of rotatable bonds is 4. The number of nitrogens with zero attached hydrogens (tertiary/aromatic N) is 2. The van der Waals surface area contributed by atoms with Crippen LogP contribution in [0.1, 0.15) is 56.9 Å². The van der Waals surface area contributed by atoms with Crippen molar-refractivity contribution in [3.63, 3.8) is 0 Å². The molecule has 7 nitrogen and oxygen atoms in total. The second-order valence-corrected chi connectivity index (χ2v) is 8.23. The minimum absolute atomic E-state index is 0.0384. The largest absolute Gasteiger partial charge is 0.370 e. The number of carbonyl (C=O) groups is 2. The fourth-order valence-electron chi connectivity index (χ4n) is 4.77. The average molecular weight is 382 g/mol. The molecule has 3 aliphatic rings. The summed E-state index contributed by atoms with van der Waals surface area (Å²) in [5.41, 5.74) is 2.48. The molecule has 148 valence electrons. The Balaban J connectivity index is 1.27. The van der Waals surface area contributed by atoms with Crippen LogP contribution in [-0.2, 0) is 14.3 Å². The van der Waals surface area contributed by atoms with Gasteiger partial charge in [0.05, 0.1) is 17.0 Å². The number of H-pyrrole nitrogens is 1. The van der Waals surface area contributed by atoms with Gasteiger partial charge in [0.25, 0.3) is 0 Å². The topological polar surface area (TPSA) is 87.3 Å². The van der Waals surface area contributed by atoms with Crippen LogP contribution >= 0.6 is 0 Å². The number of ether oxygens (including phenoxy) is 1. The molecule has 0 radical (unpaired) electrons. The van der Waals surface area contributed by atoms with E-state index >= 15 is 0 Å². The Bertz CT molecular complexity index is 896. The number of fused-ring (bicyclic) bond motifs is 1. The quantitative estimate of drug-likeness (QED) is 0.850. The maximum Gasteiger partial charge on any atom is 0.229 e. The molecule has 28 heavy (non-hydrogen) atoms. The molecule has 0 bridgehead atoms. The van der Waals surface area contributed by atoms with Gasteiger partial charge >= 0.3 is 0 Å². The number of nitrogens with one attached hydrogen (secondary N) is 2. The highest BCUT2D eigenvalue weighted by atomic mass is 16.5. The lowest BCUT2D eigenvalue weighted by molar-refractivity contribution is -0.129. The van der Waals surface area contributed by atoms with Gasteiger partial charge in [-0.2, -0.15) is 0 Å². The summed E-state index contributed by atoms with van der Waals surface area (Å²) in [7, 11) is 0. The molecule has 1 aromatic heterocycles. The van der Waals surface area contributed by atoms with E-state index in [0.717, 1.165) is 54.8 Å². The van der Waals surface area contributed by atoms with E-state index in [9.17, 15) is 9.59 Å². The number of likely N-dealkylation sites (tertiary alicyclic amines) is 1. The molecular formula is C21H26N4O3. The van der Waals surface area contributed by atoms with Gasteiger partial charge in [-0.1, -0.05) is 12.8 Å². The van der Waals surface area contributed by atoms with Crippen LogP contribution in [0.2, 0.25) is 0 Å². The molecule has 2 N–H and O–H groups in total. The first-order valence-electron chi connectivity index (χ1n) is 10.4. The Kier molecular flexibility index (Phi) is 4.55. The lowest BCUT2D eigenvalue weighted by atomic mass is 10.1. The smallest absolute Gasteiger partial charge is 0.229 e. The second-order valence-electron chi connectivity index (χ2n) is 8.23. The van der Waals surface area contributed by atoms with Crippen molar-refractivity contribution in [1.29, 1.82) is 0 Å². The van der Waals surface area contributed by atoms with Crippen LogP contribution in [0.3, 0.4) is 0 Å². The standard InChI is InChI=1S/C21H26N4O3/c26-19-10-13(12-25(19)15-4-1-2-5-15)21(27)22-14-7-8-16-17(11-14)24-20(23-16)18-6-3-9-28-18/h7-8,11,13,15,18H,1-6,9-10,12H2,(H,22,27)(H,23,24). The Morgan fingerprint density at radius 1 is 1.21 bits per heavy atom. The molecule has 1 aromatic carbocycles. The van der Waals surface area contributed by atoms with E-state index in [4.69, 9.17) is 4.74 Å². The third-order valence-corrected chi connectivity index (χ3v) is 6.30. The number of carbonyl (C=O) groups excluding carboxylic acids is 2. The van der Waals surface area contributed by atoms with E-state index in [1.807, 2.05) is 23.1 Å². The number of anilines is 1. The fourth-order valence-corrected chi connectivity index (χ4v) is 4.77. The van der Waals surface area contributed by atoms with Crippen molar-refractivity contribution in [3.8, 4) is 0 Å². The summed E-state index contributed by atoms with van der Waals surface area (Å²) >= 11 is 0. The average Bonchev–Trinajstić information content (AvgIpc) is 3.46. The molecule has 2 amide bonds. The van der Waals surface area contributed by atoms with Crippen molar-refractivity contribution >= 4 is 28.5 Å². The molecule has 7 heteroatoms. The van der Waals surface area contributed by atoms with Gasteiger partial charge in [-0.3, -0.25) is 9.59 Å². The first-order chi connectivity index (χ1) is 13.7. The summed E-state index contributed by atoms with van der Waals surface area (Å²) in [6.45, 7) is 1.33. The van der Waals surface area contributed by atoms with E-state index < -0.39 is 0 Å². The predicted molar refractivity (Wildman–Crippen MR) is 105 cm³/mol. The van der Waals surface area contributed by atoms with Crippen molar-refractivity contribution in [2.45, 2.75) is 57.1 Å². The molecule has 2 aliphatic heterocycles. The van der Waals surface area contributed by atoms with E-state index in [1.54, 1.807) is 0 Å². The molecule has 3 heterocycles. The van der Waals surface area contributed by atoms with Crippen LogP contribution < -0.4 is 5.32 Å². The summed E-state index contributed by atoms with van der Waals surface area (Å²) in [5, 5.41) is 2.99. The summed E-state index contributed by atoms with van der Waals surface area (Å²) < 4.78 is 5.69. The summed E-state index contributed by atoms with van der Waals surface area (Å²) in [5.74, 6) is 0.627. The third-order valence-electron chi connectivity index (χ3n) is 6.30. The number of hydrogen-bond acceptors (Lipinski definition) is 4. The van der Waals surface area contributed by atoms with Gasteiger partial charge < -0.3 is 19.9 Å². The first-order valence-corrected chi connectivity index (χ1v) is 10.4. The van der Waals surface area contributed by atoms with Crippen molar-refractivity contribution < 1.29 is 14.3 Å². The van der Waals surface area contributed by atoms with Gasteiger partial charge in [-0.25, -0.2) is 4.98 Å². The number of hydrogen-bond donors (Lipinski definition) is 2. The van der Waals surface area contributed by atoms with Crippen LogP contribution in [0.5, 0.6) is 0 Å². The van der Waals surface area contributed by atoms with Crippen molar-refractivity contribution in [1.82, 2.24) is 14.9 Å².